The first-order valence-corrected chi connectivity index (χ1v) is 6.68. The van der Waals surface area contributed by atoms with E-state index in [2.05, 4.69) is 12.1 Å². The van der Waals surface area contributed by atoms with Gasteiger partial charge in [0, 0.05) is 16.0 Å². The Labute approximate surface area is 116 Å². The lowest BCUT2D eigenvalue weighted by Crippen LogP contribution is -2.19. The molecular formula is C19H12O. The molecule has 4 rings (SSSR count). The predicted octanol–water partition coefficient (Wildman–Crippen LogP) is 3.34. The van der Waals surface area contributed by atoms with E-state index in [1.807, 2.05) is 60.7 Å². The minimum absolute atomic E-state index is 0.126. The van der Waals surface area contributed by atoms with Crippen LogP contribution < -0.4 is 10.6 Å². The standard InChI is InChI=1S/C19H12O/c20-19-16-11-5-9-14-8-4-10-15(18(14)16)17(19)12-13-6-2-1-3-7-13/h1-12H/b17-12-. The molecule has 0 heterocycles. The summed E-state index contributed by atoms with van der Waals surface area (Å²) in [6.45, 7) is 0. The Hall–Kier alpha value is -2.67. The fourth-order valence-corrected chi connectivity index (χ4v) is 2.88. The van der Waals surface area contributed by atoms with E-state index < -0.39 is 0 Å². The number of rotatable bonds is 1. The molecular weight excluding hydrogens is 244 g/mol. The van der Waals surface area contributed by atoms with Crippen LogP contribution in [0.2, 0.25) is 0 Å². The van der Waals surface area contributed by atoms with E-state index >= 15 is 0 Å². The van der Waals surface area contributed by atoms with Gasteiger partial charge in [0.05, 0.1) is 0 Å². The summed E-state index contributed by atoms with van der Waals surface area (Å²) in [6.07, 6.45) is 1.98. The van der Waals surface area contributed by atoms with Crippen molar-refractivity contribution in [2.75, 3.05) is 0 Å². The summed E-state index contributed by atoms with van der Waals surface area (Å²) < 4.78 is 0. The third-order valence-electron chi connectivity index (χ3n) is 3.79. The first-order valence-electron chi connectivity index (χ1n) is 6.68. The molecule has 0 fully saturated rings. The molecule has 1 heteroatoms. The van der Waals surface area contributed by atoms with Crippen molar-refractivity contribution in [3.63, 3.8) is 0 Å². The van der Waals surface area contributed by atoms with Crippen LogP contribution in [0.3, 0.4) is 0 Å². The van der Waals surface area contributed by atoms with Gasteiger partial charge in [0.1, 0.15) is 0 Å². The van der Waals surface area contributed by atoms with Crippen LogP contribution in [-0.2, 0) is 0 Å². The fourth-order valence-electron chi connectivity index (χ4n) is 2.88. The minimum atomic E-state index is 0.126. The molecule has 4 aromatic rings. The van der Waals surface area contributed by atoms with Gasteiger partial charge >= 0.3 is 0 Å². The molecule has 0 saturated heterocycles. The third-order valence-corrected chi connectivity index (χ3v) is 3.79. The van der Waals surface area contributed by atoms with Crippen LogP contribution in [0.1, 0.15) is 5.56 Å². The van der Waals surface area contributed by atoms with Crippen molar-refractivity contribution in [2.24, 2.45) is 0 Å². The third kappa shape index (κ3) is 1.53. The van der Waals surface area contributed by atoms with E-state index in [9.17, 15) is 4.79 Å². The van der Waals surface area contributed by atoms with Crippen LogP contribution in [0, 0.1) is 0 Å². The Bertz CT molecular complexity index is 995. The summed E-state index contributed by atoms with van der Waals surface area (Å²) in [5.74, 6) is 0. The zero-order chi connectivity index (χ0) is 13.5. The minimum Gasteiger partial charge on any atom is -0.289 e. The first-order chi connectivity index (χ1) is 9.84. The zero-order valence-electron chi connectivity index (χ0n) is 10.8. The maximum atomic E-state index is 12.6. The Morgan fingerprint density at radius 1 is 0.700 bits per heavy atom. The predicted molar refractivity (Wildman–Crippen MR) is 84.1 cm³/mol. The largest absolute Gasteiger partial charge is 0.289 e. The molecule has 0 N–H and O–H groups in total. The van der Waals surface area contributed by atoms with Gasteiger partial charge in [-0.3, -0.25) is 4.79 Å². The van der Waals surface area contributed by atoms with Crippen molar-refractivity contribution in [1.29, 1.82) is 0 Å². The highest BCUT2D eigenvalue weighted by atomic mass is 16.1. The van der Waals surface area contributed by atoms with Crippen LogP contribution in [0.15, 0.2) is 71.5 Å². The van der Waals surface area contributed by atoms with Gasteiger partial charge in [0.25, 0.3) is 0 Å². The second kappa shape index (κ2) is 4.17. The number of hydrogen-bond acceptors (Lipinski definition) is 1. The molecule has 0 saturated carbocycles. The van der Waals surface area contributed by atoms with Crippen molar-refractivity contribution in [2.45, 2.75) is 0 Å². The van der Waals surface area contributed by atoms with Crippen molar-refractivity contribution in [1.82, 2.24) is 0 Å². The Kier molecular flexibility index (Phi) is 2.33. The molecule has 0 amide bonds. The fraction of sp³-hybridized carbons (Fsp3) is 0. The van der Waals surface area contributed by atoms with Crippen molar-refractivity contribution >= 4 is 27.6 Å². The molecule has 1 nitrogen and oxygen atoms in total. The van der Waals surface area contributed by atoms with Gasteiger partial charge < -0.3 is 0 Å². The van der Waals surface area contributed by atoms with Crippen LogP contribution in [-0.4, -0.2) is 0 Å². The molecule has 0 aliphatic carbocycles. The average Bonchev–Trinajstić information content (AvgIpc) is 2.77. The molecule has 0 atom stereocenters. The van der Waals surface area contributed by atoms with Gasteiger partial charge in [0.15, 0.2) is 5.43 Å². The van der Waals surface area contributed by atoms with Crippen LogP contribution in [0.5, 0.6) is 0 Å². The summed E-state index contributed by atoms with van der Waals surface area (Å²) in [5, 5.41) is 4.88. The lowest BCUT2D eigenvalue weighted by Gasteiger charge is -1.96. The van der Waals surface area contributed by atoms with E-state index in [1.54, 1.807) is 0 Å². The Morgan fingerprint density at radius 3 is 2.15 bits per heavy atom. The Balaban J connectivity index is 2.21. The van der Waals surface area contributed by atoms with Gasteiger partial charge in [-0.1, -0.05) is 66.7 Å². The van der Waals surface area contributed by atoms with E-state index in [1.165, 1.54) is 0 Å². The van der Waals surface area contributed by atoms with Crippen molar-refractivity contribution < 1.29 is 0 Å². The normalized spacial score (nSPS) is 12.5. The monoisotopic (exact) mass is 256 g/mol. The quantitative estimate of drug-likeness (QED) is 0.510. The maximum Gasteiger partial charge on any atom is 0.194 e. The summed E-state index contributed by atoms with van der Waals surface area (Å²) in [7, 11) is 0. The van der Waals surface area contributed by atoms with E-state index in [0.29, 0.717) is 0 Å². The molecule has 0 aliphatic rings. The smallest absolute Gasteiger partial charge is 0.194 e. The van der Waals surface area contributed by atoms with E-state index in [-0.39, 0.29) is 5.43 Å². The van der Waals surface area contributed by atoms with E-state index in [4.69, 9.17) is 0 Å². The molecule has 0 unspecified atom stereocenters. The maximum absolute atomic E-state index is 12.6. The lowest BCUT2D eigenvalue weighted by molar-refractivity contribution is 1.62. The van der Waals surface area contributed by atoms with Gasteiger partial charge in [-0.15, -0.1) is 0 Å². The second-order valence-corrected chi connectivity index (χ2v) is 5.01. The molecule has 0 bridgehead atoms. The number of hydrogen-bond donors (Lipinski definition) is 0. The molecule has 0 radical (unpaired) electrons. The molecule has 0 spiro atoms. The lowest BCUT2D eigenvalue weighted by atomic mass is 10.1. The average molecular weight is 256 g/mol. The van der Waals surface area contributed by atoms with Crippen LogP contribution in [0.4, 0.5) is 0 Å². The van der Waals surface area contributed by atoms with Gasteiger partial charge in [-0.2, -0.15) is 0 Å². The zero-order valence-corrected chi connectivity index (χ0v) is 10.8. The molecule has 20 heavy (non-hydrogen) atoms. The highest BCUT2D eigenvalue weighted by Crippen LogP contribution is 2.22. The summed E-state index contributed by atoms with van der Waals surface area (Å²) in [4.78, 5) is 12.6. The topological polar surface area (TPSA) is 17.1 Å². The van der Waals surface area contributed by atoms with Gasteiger partial charge in [-0.25, -0.2) is 0 Å². The summed E-state index contributed by atoms with van der Waals surface area (Å²) in [5.41, 5.74) is 1.18. The van der Waals surface area contributed by atoms with Crippen molar-refractivity contribution in [3.05, 3.63) is 87.7 Å². The number of benzene rings is 3. The molecule has 0 aliphatic heterocycles. The van der Waals surface area contributed by atoms with Gasteiger partial charge in [0.2, 0.25) is 0 Å². The molecule has 0 aromatic heterocycles. The molecule has 94 valence electrons. The summed E-state index contributed by atoms with van der Waals surface area (Å²) >= 11 is 0. The first kappa shape index (κ1) is 11.2. The van der Waals surface area contributed by atoms with Crippen molar-refractivity contribution in [3.8, 4) is 0 Å². The van der Waals surface area contributed by atoms with E-state index in [0.717, 1.165) is 32.3 Å². The SMILES string of the molecule is O=c1/c(=C\c2ccccc2)c2cccc3cccc1c32. The van der Waals surface area contributed by atoms with Crippen LogP contribution >= 0.6 is 0 Å². The van der Waals surface area contributed by atoms with Crippen LogP contribution in [0.25, 0.3) is 27.6 Å². The Morgan fingerprint density at radius 2 is 1.40 bits per heavy atom. The highest BCUT2D eigenvalue weighted by molar-refractivity contribution is 6.12. The summed E-state index contributed by atoms with van der Waals surface area (Å²) in [6, 6.07) is 22.0. The second-order valence-electron chi connectivity index (χ2n) is 5.01. The highest BCUT2D eigenvalue weighted by Gasteiger charge is 2.09. The van der Waals surface area contributed by atoms with Gasteiger partial charge in [-0.05, 0) is 22.4 Å². The molecule has 4 aromatic carbocycles.